The summed E-state index contributed by atoms with van der Waals surface area (Å²) in [5, 5.41) is 0. The topological polar surface area (TPSA) is 28.6 Å². The summed E-state index contributed by atoms with van der Waals surface area (Å²) in [6.45, 7) is 7.84. The van der Waals surface area contributed by atoms with E-state index in [2.05, 4.69) is 39.0 Å². The number of rotatable bonds is 5. The molecule has 0 bridgehead atoms. The third kappa shape index (κ3) is 3.57. The zero-order chi connectivity index (χ0) is 15.2. The fourth-order valence-electron chi connectivity index (χ4n) is 2.85. The minimum atomic E-state index is 0.713. The summed E-state index contributed by atoms with van der Waals surface area (Å²) in [7, 11) is 0. The number of nitrogens with zero attached hydrogens (tertiary/aromatic N) is 3. The molecule has 0 saturated carbocycles. The van der Waals surface area contributed by atoms with Crippen molar-refractivity contribution in [1.82, 2.24) is 9.88 Å². The van der Waals surface area contributed by atoms with Crippen molar-refractivity contribution in [3.8, 4) is 5.75 Å². The highest BCUT2D eigenvalue weighted by molar-refractivity contribution is 5.38. The van der Waals surface area contributed by atoms with Crippen molar-refractivity contribution < 1.29 is 4.74 Å². The second kappa shape index (κ2) is 7.27. The zero-order valence-corrected chi connectivity index (χ0v) is 13.1. The highest BCUT2D eigenvalue weighted by Gasteiger charge is 2.18. The highest BCUT2D eigenvalue weighted by Crippen LogP contribution is 2.21. The number of benzene rings is 1. The summed E-state index contributed by atoms with van der Waals surface area (Å²) < 4.78 is 5.72. The second-order valence-corrected chi connectivity index (χ2v) is 5.49. The summed E-state index contributed by atoms with van der Waals surface area (Å²) in [4.78, 5) is 9.27. The molecular formula is C18H23N3O. The lowest BCUT2D eigenvalue weighted by molar-refractivity contribution is 0.243. The first-order valence-corrected chi connectivity index (χ1v) is 7.96. The van der Waals surface area contributed by atoms with E-state index in [0.29, 0.717) is 6.61 Å². The van der Waals surface area contributed by atoms with Crippen LogP contribution in [0.15, 0.2) is 48.7 Å². The minimum Gasteiger partial charge on any atom is -0.494 e. The smallest absolute Gasteiger partial charge is 0.128 e. The van der Waals surface area contributed by atoms with Crippen molar-refractivity contribution in [1.29, 1.82) is 0 Å². The van der Waals surface area contributed by atoms with Crippen molar-refractivity contribution in [2.45, 2.75) is 13.5 Å². The first kappa shape index (κ1) is 14.9. The van der Waals surface area contributed by atoms with Crippen LogP contribution in [0, 0.1) is 0 Å². The Morgan fingerprint density at radius 1 is 1.00 bits per heavy atom. The van der Waals surface area contributed by atoms with Crippen LogP contribution in [0.25, 0.3) is 0 Å². The van der Waals surface area contributed by atoms with Crippen molar-refractivity contribution in [3.63, 3.8) is 0 Å². The van der Waals surface area contributed by atoms with Gasteiger partial charge in [-0.2, -0.15) is 0 Å². The monoisotopic (exact) mass is 297 g/mol. The number of hydrogen-bond acceptors (Lipinski definition) is 4. The van der Waals surface area contributed by atoms with E-state index in [1.165, 1.54) is 5.56 Å². The third-order valence-electron chi connectivity index (χ3n) is 4.01. The van der Waals surface area contributed by atoms with Gasteiger partial charge < -0.3 is 9.64 Å². The van der Waals surface area contributed by atoms with E-state index in [0.717, 1.165) is 44.3 Å². The Balaban J connectivity index is 1.58. The first-order chi connectivity index (χ1) is 10.9. The summed E-state index contributed by atoms with van der Waals surface area (Å²) in [5.74, 6) is 2.09. The Hall–Kier alpha value is -2.07. The lowest BCUT2D eigenvalue weighted by atomic mass is 10.1. The van der Waals surface area contributed by atoms with Crippen LogP contribution in [-0.2, 0) is 6.54 Å². The zero-order valence-electron chi connectivity index (χ0n) is 13.1. The van der Waals surface area contributed by atoms with Crippen molar-refractivity contribution in [3.05, 3.63) is 54.2 Å². The fraction of sp³-hybridized carbons (Fsp3) is 0.389. The standard InChI is InChI=1S/C18H23N3O/c1-2-22-17-8-4-3-7-16(17)15-20-11-13-21(14-12-20)18-9-5-6-10-19-18/h3-10H,2,11-15H2,1H3. The van der Waals surface area contributed by atoms with Gasteiger partial charge in [-0.05, 0) is 25.1 Å². The van der Waals surface area contributed by atoms with Crippen molar-refractivity contribution >= 4 is 5.82 Å². The van der Waals surface area contributed by atoms with Crippen LogP contribution in [-0.4, -0.2) is 42.7 Å². The average Bonchev–Trinajstić information content (AvgIpc) is 2.58. The number of para-hydroxylation sites is 1. The molecule has 1 fully saturated rings. The van der Waals surface area contributed by atoms with Crippen LogP contribution in [0.3, 0.4) is 0 Å². The molecule has 22 heavy (non-hydrogen) atoms. The van der Waals surface area contributed by atoms with E-state index in [-0.39, 0.29) is 0 Å². The van der Waals surface area contributed by atoms with Crippen LogP contribution in [0.5, 0.6) is 5.75 Å². The molecule has 0 N–H and O–H groups in total. The molecule has 0 amide bonds. The van der Waals surface area contributed by atoms with E-state index in [1.54, 1.807) is 0 Å². The molecule has 0 unspecified atom stereocenters. The van der Waals surface area contributed by atoms with Gasteiger partial charge in [0.15, 0.2) is 0 Å². The molecule has 3 rings (SSSR count). The maximum Gasteiger partial charge on any atom is 0.128 e. The van der Waals surface area contributed by atoms with Gasteiger partial charge in [-0.1, -0.05) is 24.3 Å². The fourth-order valence-corrected chi connectivity index (χ4v) is 2.85. The normalized spacial score (nSPS) is 15.8. The second-order valence-electron chi connectivity index (χ2n) is 5.49. The third-order valence-corrected chi connectivity index (χ3v) is 4.01. The van der Waals surface area contributed by atoms with Crippen LogP contribution in [0.4, 0.5) is 5.82 Å². The van der Waals surface area contributed by atoms with E-state index in [1.807, 2.05) is 31.3 Å². The molecular weight excluding hydrogens is 274 g/mol. The Labute approximate surface area is 132 Å². The van der Waals surface area contributed by atoms with E-state index >= 15 is 0 Å². The summed E-state index contributed by atoms with van der Waals surface area (Å²) in [5.41, 5.74) is 1.27. The minimum absolute atomic E-state index is 0.713. The van der Waals surface area contributed by atoms with E-state index in [9.17, 15) is 0 Å². The lowest BCUT2D eigenvalue weighted by Crippen LogP contribution is -2.46. The molecule has 1 aromatic heterocycles. The van der Waals surface area contributed by atoms with Crippen molar-refractivity contribution in [2.75, 3.05) is 37.7 Å². The van der Waals surface area contributed by atoms with Gasteiger partial charge >= 0.3 is 0 Å². The predicted octanol–water partition coefficient (Wildman–Crippen LogP) is 2.80. The molecule has 116 valence electrons. The maximum atomic E-state index is 5.72. The summed E-state index contributed by atoms with van der Waals surface area (Å²) in [6.07, 6.45) is 1.86. The molecule has 2 heterocycles. The predicted molar refractivity (Wildman–Crippen MR) is 89.3 cm³/mol. The number of pyridine rings is 1. The van der Waals surface area contributed by atoms with E-state index < -0.39 is 0 Å². The molecule has 1 aliphatic heterocycles. The molecule has 1 aliphatic rings. The Morgan fingerprint density at radius 2 is 1.77 bits per heavy atom. The van der Waals surface area contributed by atoms with Crippen LogP contribution in [0.2, 0.25) is 0 Å². The lowest BCUT2D eigenvalue weighted by Gasteiger charge is -2.35. The molecule has 0 aliphatic carbocycles. The summed E-state index contributed by atoms with van der Waals surface area (Å²) >= 11 is 0. The van der Waals surface area contributed by atoms with Gasteiger partial charge in [-0.25, -0.2) is 4.98 Å². The van der Waals surface area contributed by atoms with Gasteiger partial charge in [0.05, 0.1) is 6.61 Å². The maximum absolute atomic E-state index is 5.72. The summed E-state index contributed by atoms with van der Waals surface area (Å²) in [6, 6.07) is 14.4. The number of piperazine rings is 1. The molecule has 1 aromatic carbocycles. The number of anilines is 1. The molecule has 4 heteroatoms. The Morgan fingerprint density at radius 3 is 2.50 bits per heavy atom. The first-order valence-electron chi connectivity index (χ1n) is 7.96. The largest absolute Gasteiger partial charge is 0.494 e. The Kier molecular flexibility index (Phi) is 4.91. The Bertz CT molecular complexity index is 580. The molecule has 1 saturated heterocycles. The van der Waals surface area contributed by atoms with Crippen LogP contribution >= 0.6 is 0 Å². The molecule has 0 atom stereocenters. The van der Waals surface area contributed by atoms with Gasteiger partial charge in [0.1, 0.15) is 11.6 Å². The van der Waals surface area contributed by atoms with Crippen LogP contribution in [0.1, 0.15) is 12.5 Å². The van der Waals surface area contributed by atoms with Crippen molar-refractivity contribution in [2.24, 2.45) is 0 Å². The highest BCUT2D eigenvalue weighted by atomic mass is 16.5. The molecule has 4 nitrogen and oxygen atoms in total. The van der Waals surface area contributed by atoms with E-state index in [4.69, 9.17) is 4.74 Å². The van der Waals surface area contributed by atoms with Gasteiger partial charge in [0, 0.05) is 44.5 Å². The molecule has 2 aromatic rings. The molecule has 0 radical (unpaired) electrons. The quantitative estimate of drug-likeness (QED) is 0.848. The van der Waals surface area contributed by atoms with Gasteiger partial charge in [-0.15, -0.1) is 0 Å². The SMILES string of the molecule is CCOc1ccccc1CN1CCN(c2ccccn2)CC1. The van der Waals surface area contributed by atoms with Gasteiger partial charge in [-0.3, -0.25) is 4.90 Å². The number of aromatic nitrogens is 1. The van der Waals surface area contributed by atoms with Gasteiger partial charge in [0.25, 0.3) is 0 Å². The van der Waals surface area contributed by atoms with Gasteiger partial charge in [0.2, 0.25) is 0 Å². The van der Waals surface area contributed by atoms with Crippen LogP contribution < -0.4 is 9.64 Å². The number of hydrogen-bond donors (Lipinski definition) is 0. The number of ether oxygens (including phenoxy) is 1. The average molecular weight is 297 g/mol. The molecule has 0 spiro atoms.